The summed E-state index contributed by atoms with van der Waals surface area (Å²) in [5.74, 6) is -0.00916. The molecule has 1 saturated heterocycles. The normalized spacial score (nSPS) is 21.0. The fourth-order valence-electron chi connectivity index (χ4n) is 2.62. The summed E-state index contributed by atoms with van der Waals surface area (Å²) in [7, 11) is -3.94. The molecule has 1 aliphatic rings. The fourth-order valence-corrected chi connectivity index (χ4v) is 6.58. The van der Waals surface area contributed by atoms with Crippen LogP contribution in [0.1, 0.15) is 23.4 Å². The minimum Gasteiger partial charge on any atom is -0.250 e. The SMILES string of the molecule is Cc1ncsc1CCS(=O)(=O)N1CCC[C@@H](S(=O)(=O)N(C)C)C1. The standard InChI is InChI=1S/C13H23N3O4S3/c1-11-13(21-10-14-11)6-8-22(17,18)16-7-4-5-12(9-16)23(19,20)15(2)3/h10,12H,4-9H2,1-3H3/t12-/m1/s1. The van der Waals surface area contributed by atoms with Gasteiger partial charge in [-0.15, -0.1) is 11.3 Å². The summed E-state index contributed by atoms with van der Waals surface area (Å²) < 4.78 is 52.1. The summed E-state index contributed by atoms with van der Waals surface area (Å²) in [6.45, 7) is 2.30. The van der Waals surface area contributed by atoms with Crippen LogP contribution in [0.4, 0.5) is 0 Å². The van der Waals surface area contributed by atoms with Crippen molar-refractivity contribution in [2.45, 2.75) is 31.4 Å². The zero-order valence-corrected chi connectivity index (χ0v) is 16.0. The van der Waals surface area contributed by atoms with Crippen LogP contribution in [-0.4, -0.2) is 68.6 Å². The van der Waals surface area contributed by atoms with Crippen LogP contribution in [0.15, 0.2) is 5.51 Å². The molecule has 10 heteroatoms. The highest BCUT2D eigenvalue weighted by molar-refractivity contribution is 7.90. The lowest BCUT2D eigenvalue weighted by Gasteiger charge is -2.32. The summed E-state index contributed by atoms with van der Waals surface area (Å²) in [5.41, 5.74) is 2.56. The molecule has 1 aromatic heterocycles. The third kappa shape index (κ3) is 4.30. The Bertz CT molecular complexity index is 740. The van der Waals surface area contributed by atoms with Crippen LogP contribution >= 0.6 is 11.3 Å². The molecule has 0 aliphatic carbocycles. The topological polar surface area (TPSA) is 87.6 Å². The number of hydrogen-bond donors (Lipinski definition) is 0. The van der Waals surface area contributed by atoms with Gasteiger partial charge < -0.3 is 0 Å². The highest BCUT2D eigenvalue weighted by Crippen LogP contribution is 2.22. The van der Waals surface area contributed by atoms with Gasteiger partial charge in [-0.3, -0.25) is 0 Å². The molecule has 23 heavy (non-hydrogen) atoms. The first-order valence-electron chi connectivity index (χ1n) is 7.42. The van der Waals surface area contributed by atoms with E-state index in [9.17, 15) is 16.8 Å². The Kier molecular flexibility index (Phi) is 5.83. The maximum absolute atomic E-state index is 12.5. The van der Waals surface area contributed by atoms with Crippen molar-refractivity contribution in [2.75, 3.05) is 32.9 Å². The van der Waals surface area contributed by atoms with Crippen molar-refractivity contribution in [2.24, 2.45) is 0 Å². The van der Waals surface area contributed by atoms with Crippen molar-refractivity contribution >= 4 is 31.4 Å². The predicted molar refractivity (Wildman–Crippen MR) is 91.5 cm³/mol. The van der Waals surface area contributed by atoms with E-state index in [0.29, 0.717) is 25.8 Å². The van der Waals surface area contributed by atoms with E-state index in [-0.39, 0.29) is 12.3 Å². The van der Waals surface area contributed by atoms with Crippen molar-refractivity contribution in [1.82, 2.24) is 13.6 Å². The highest BCUT2D eigenvalue weighted by atomic mass is 32.2. The maximum Gasteiger partial charge on any atom is 0.217 e. The molecular formula is C13H23N3O4S3. The molecule has 7 nitrogen and oxygen atoms in total. The van der Waals surface area contributed by atoms with E-state index in [1.54, 1.807) is 5.51 Å². The first-order valence-corrected chi connectivity index (χ1v) is 11.4. The lowest BCUT2D eigenvalue weighted by Crippen LogP contribution is -2.48. The van der Waals surface area contributed by atoms with E-state index in [2.05, 4.69) is 4.98 Å². The first kappa shape index (κ1) is 18.8. The Balaban J connectivity index is 2.06. The van der Waals surface area contributed by atoms with Crippen LogP contribution < -0.4 is 0 Å². The number of nitrogens with zero attached hydrogens (tertiary/aromatic N) is 3. The number of thiazole rings is 1. The van der Waals surface area contributed by atoms with Gasteiger partial charge in [-0.05, 0) is 26.2 Å². The van der Waals surface area contributed by atoms with Gasteiger partial charge in [0, 0.05) is 32.1 Å². The summed E-state index contributed by atoms with van der Waals surface area (Å²) in [6.07, 6.45) is 1.48. The lowest BCUT2D eigenvalue weighted by atomic mass is 10.2. The van der Waals surface area contributed by atoms with Crippen molar-refractivity contribution in [3.63, 3.8) is 0 Å². The van der Waals surface area contributed by atoms with Gasteiger partial charge in [0.2, 0.25) is 20.0 Å². The second kappa shape index (κ2) is 7.14. The largest absolute Gasteiger partial charge is 0.250 e. The van der Waals surface area contributed by atoms with Gasteiger partial charge in [0.05, 0.1) is 22.2 Å². The van der Waals surface area contributed by atoms with Gasteiger partial charge in [-0.2, -0.15) is 0 Å². The monoisotopic (exact) mass is 381 g/mol. The van der Waals surface area contributed by atoms with Gasteiger partial charge in [-0.25, -0.2) is 30.4 Å². The van der Waals surface area contributed by atoms with Gasteiger partial charge in [-0.1, -0.05) is 0 Å². The smallest absolute Gasteiger partial charge is 0.217 e. The predicted octanol–water partition coefficient (Wildman–Crippen LogP) is 0.680. The second-order valence-corrected chi connectivity index (χ2v) is 11.3. The minimum atomic E-state index is -3.47. The molecule has 0 saturated carbocycles. The Hall–Kier alpha value is -0.550. The molecule has 1 aliphatic heterocycles. The van der Waals surface area contributed by atoms with Crippen LogP contribution in [0.3, 0.4) is 0 Å². The number of hydrogen-bond acceptors (Lipinski definition) is 6. The second-order valence-electron chi connectivity index (χ2n) is 5.88. The van der Waals surface area contributed by atoms with Gasteiger partial charge in [0.15, 0.2) is 0 Å². The van der Waals surface area contributed by atoms with Crippen LogP contribution in [0.5, 0.6) is 0 Å². The third-order valence-corrected chi connectivity index (χ3v) is 9.17. The molecule has 1 aromatic rings. The molecule has 132 valence electrons. The molecule has 2 rings (SSSR count). The minimum absolute atomic E-state index is 0.00916. The Morgan fingerprint density at radius 1 is 1.35 bits per heavy atom. The molecule has 0 N–H and O–H groups in total. The van der Waals surface area contributed by atoms with E-state index < -0.39 is 25.3 Å². The first-order chi connectivity index (χ1) is 10.6. The molecule has 0 bridgehead atoms. The van der Waals surface area contributed by atoms with Crippen molar-refractivity contribution in [1.29, 1.82) is 0 Å². The summed E-state index contributed by atoms with van der Waals surface area (Å²) >= 11 is 1.45. The molecule has 0 aromatic carbocycles. The van der Waals surface area contributed by atoms with Crippen LogP contribution in [-0.2, 0) is 26.5 Å². The lowest BCUT2D eigenvalue weighted by molar-refractivity contribution is 0.339. The van der Waals surface area contributed by atoms with Crippen molar-refractivity contribution in [3.05, 3.63) is 16.1 Å². The number of aryl methyl sites for hydroxylation is 2. The highest BCUT2D eigenvalue weighted by Gasteiger charge is 2.36. The van der Waals surface area contributed by atoms with Crippen molar-refractivity contribution < 1.29 is 16.8 Å². The summed E-state index contributed by atoms with van der Waals surface area (Å²) in [4.78, 5) is 5.08. The molecule has 0 radical (unpaired) electrons. The van der Waals surface area contributed by atoms with Gasteiger partial charge in [0.1, 0.15) is 0 Å². The zero-order chi connectivity index (χ0) is 17.3. The molecule has 1 fully saturated rings. The zero-order valence-electron chi connectivity index (χ0n) is 13.6. The summed E-state index contributed by atoms with van der Waals surface area (Å²) in [5, 5.41) is -0.661. The number of aromatic nitrogens is 1. The van der Waals surface area contributed by atoms with E-state index in [1.807, 2.05) is 6.92 Å². The summed E-state index contributed by atoms with van der Waals surface area (Å²) in [6, 6.07) is 0. The number of rotatable bonds is 6. The Labute approximate surface area is 142 Å². The van der Waals surface area contributed by atoms with Crippen molar-refractivity contribution in [3.8, 4) is 0 Å². The Morgan fingerprint density at radius 2 is 2.04 bits per heavy atom. The molecular weight excluding hydrogens is 358 g/mol. The number of sulfonamides is 2. The molecule has 2 heterocycles. The van der Waals surface area contributed by atoms with E-state index in [4.69, 9.17) is 0 Å². The maximum atomic E-state index is 12.5. The van der Waals surface area contributed by atoms with E-state index in [1.165, 1.54) is 34.0 Å². The average molecular weight is 382 g/mol. The van der Waals surface area contributed by atoms with Crippen LogP contribution in [0.25, 0.3) is 0 Å². The van der Waals surface area contributed by atoms with Crippen LogP contribution in [0.2, 0.25) is 0 Å². The Morgan fingerprint density at radius 3 is 2.61 bits per heavy atom. The average Bonchev–Trinajstić information content (AvgIpc) is 2.90. The van der Waals surface area contributed by atoms with Gasteiger partial charge in [0.25, 0.3) is 0 Å². The molecule has 0 spiro atoms. The molecule has 0 unspecified atom stereocenters. The molecule has 1 atom stereocenters. The quantitative estimate of drug-likeness (QED) is 0.723. The third-order valence-electron chi connectivity index (χ3n) is 4.10. The van der Waals surface area contributed by atoms with Gasteiger partial charge >= 0.3 is 0 Å². The molecule has 0 amide bonds. The van der Waals surface area contributed by atoms with Crippen LogP contribution in [0, 0.1) is 6.92 Å². The van der Waals surface area contributed by atoms with E-state index in [0.717, 1.165) is 10.6 Å². The van der Waals surface area contributed by atoms with E-state index >= 15 is 0 Å². The fraction of sp³-hybridized carbons (Fsp3) is 0.769. The number of piperidine rings is 1.